The Kier molecular flexibility index (Phi) is 7.39. The van der Waals surface area contributed by atoms with Gasteiger partial charge in [-0.25, -0.2) is 15.0 Å². The Bertz CT molecular complexity index is 4100. The molecule has 2 aliphatic heterocycles. The molecular formula is C60H39N5. The minimum Gasteiger partial charge on any atom is -0.293 e. The van der Waals surface area contributed by atoms with E-state index in [9.17, 15) is 0 Å². The van der Waals surface area contributed by atoms with E-state index in [1.807, 2.05) is 6.07 Å². The highest BCUT2D eigenvalue weighted by molar-refractivity contribution is 6.22. The summed E-state index contributed by atoms with van der Waals surface area (Å²) >= 11 is 0. The Hall–Kier alpha value is -8.41. The molecule has 0 unspecified atom stereocenters. The fourth-order valence-electron chi connectivity index (χ4n) is 11.1. The topological polar surface area (TPSA) is 48.5 Å². The van der Waals surface area contributed by atoms with Crippen molar-refractivity contribution in [1.82, 2.24) is 24.1 Å². The summed E-state index contributed by atoms with van der Waals surface area (Å²) in [6, 6.07) is 72.3. The number of rotatable bonds is 4. The van der Waals surface area contributed by atoms with Gasteiger partial charge in [-0.15, -0.1) is 0 Å². The van der Waals surface area contributed by atoms with Crippen molar-refractivity contribution >= 4 is 65.3 Å². The lowest BCUT2D eigenvalue weighted by Gasteiger charge is -2.23. The molecule has 2 aromatic heterocycles. The number of nitrogens with zero attached hydrogens (tertiary/aromatic N) is 5. The number of aromatic nitrogens is 5. The molecule has 11 aromatic rings. The minimum atomic E-state index is -0.138. The summed E-state index contributed by atoms with van der Waals surface area (Å²) in [5.41, 5.74) is 16.8. The van der Waals surface area contributed by atoms with E-state index in [0.717, 1.165) is 83.2 Å². The van der Waals surface area contributed by atoms with Gasteiger partial charge in [0.25, 0.3) is 0 Å². The number of pyridine rings is 1. The lowest BCUT2D eigenvalue weighted by Crippen LogP contribution is -2.15. The zero-order valence-electron chi connectivity index (χ0n) is 35.8. The summed E-state index contributed by atoms with van der Waals surface area (Å²) in [5.74, 6) is 1.61. The van der Waals surface area contributed by atoms with Crippen molar-refractivity contribution in [1.29, 1.82) is 0 Å². The van der Waals surface area contributed by atoms with Crippen LogP contribution in [0.2, 0.25) is 0 Å². The first-order valence-corrected chi connectivity index (χ1v) is 22.4. The summed E-state index contributed by atoms with van der Waals surface area (Å²) in [6.45, 7) is 4.70. The maximum atomic E-state index is 5.39. The lowest BCUT2D eigenvalue weighted by atomic mass is 9.82. The van der Waals surface area contributed by atoms with Crippen molar-refractivity contribution < 1.29 is 0 Å². The van der Waals surface area contributed by atoms with Gasteiger partial charge in [-0.2, -0.15) is 0 Å². The zero-order chi connectivity index (χ0) is 43.0. The quantitative estimate of drug-likeness (QED) is 0.178. The van der Waals surface area contributed by atoms with Gasteiger partial charge in [0.05, 0.1) is 39.0 Å². The largest absolute Gasteiger partial charge is 0.293 e. The summed E-state index contributed by atoms with van der Waals surface area (Å²) in [4.78, 5) is 16.1. The summed E-state index contributed by atoms with van der Waals surface area (Å²) in [7, 11) is 0. The number of para-hydroxylation sites is 2. The highest BCUT2D eigenvalue weighted by Gasteiger charge is 2.37. The van der Waals surface area contributed by atoms with Gasteiger partial charge >= 0.3 is 0 Å². The molecule has 0 saturated carbocycles. The van der Waals surface area contributed by atoms with Gasteiger partial charge in [-0.05, 0) is 87.1 Å². The third-order valence-corrected chi connectivity index (χ3v) is 14.1. The molecule has 14 rings (SSSR count). The van der Waals surface area contributed by atoms with Gasteiger partial charge in [0.2, 0.25) is 5.95 Å². The smallest absolute Gasteiger partial charge is 0.235 e. The fraction of sp³-hybridized carbons (Fsp3) is 0.0500. The lowest BCUT2D eigenvalue weighted by molar-refractivity contribution is 0.660. The Labute approximate surface area is 374 Å². The van der Waals surface area contributed by atoms with Crippen LogP contribution in [0.5, 0.6) is 0 Å². The van der Waals surface area contributed by atoms with Crippen LogP contribution in [0.25, 0.3) is 122 Å². The fourth-order valence-corrected chi connectivity index (χ4v) is 11.1. The highest BCUT2D eigenvalue weighted by Crippen LogP contribution is 2.52. The van der Waals surface area contributed by atoms with E-state index >= 15 is 0 Å². The van der Waals surface area contributed by atoms with Crippen LogP contribution >= 0.6 is 0 Å². The third-order valence-electron chi connectivity index (χ3n) is 14.1. The monoisotopic (exact) mass is 829 g/mol. The molecule has 0 N–H and O–H groups in total. The molecule has 0 spiro atoms. The Balaban J connectivity index is 1.06. The molecule has 0 fully saturated rings. The first-order chi connectivity index (χ1) is 32.0. The van der Waals surface area contributed by atoms with Crippen LogP contribution in [0.1, 0.15) is 25.0 Å². The van der Waals surface area contributed by atoms with Crippen molar-refractivity contribution in [3.63, 3.8) is 0 Å². The van der Waals surface area contributed by atoms with Gasteiger partial charge in [0, 0.05) is 49.0 Å². The molecule has 5 heteroatoms. The number of hydrogen-bond acceptors (Lipinski definition) is 3. The normalized spacial score (nSPS) is 13.2. The molecule has 0 radical (unpaired) electrons. The van der Waals surface area contributed by atoms with Crippen molar-refractivity contribution in [3.05, 3.63) is 211 Å². The first kappa shape index (κ1) is 36.1. The molecule has 1 aliphatic carbocycles. The van der Waals surface area contributed by atoms with E-state index in [1.54, 1.807) is 0 Å². The maximum Gasteiger partial charge on any atom is 0.235 e. The minimum absolute atomic E-state index is 0.138. The average Bonchev–Trinajstić information content (AvgIpc) is 3.98. The van der Waals surface area contributed by atoms with Crippen molar-refractivity contribution in [2.45, 2.75) is 19.3 Å². The molecule has 0 amide bonds. The molecule has 0 saturated heterocycles. The summed E-state index contributed by atoms with van der Waals surface area (Å²) < 4.78 is 4.70. The van der Waals surface area contributed by atoms with Crippen LogP contribution in [-0.2, 0) is 5.41 Å². The molecule has 5 nitrogen and oxygen atoms in total. The number of hydrogen-bond donors (Lipinski definition) is 0. The van der Waals surface area contributed by atoms with Crippen LogP contribution in [0.15, 0.2) is 200 Å². The van der Waals surface area contributed by atoms with Gasteiger partial charge in [0.1, 0.15) is 5.82 Å². The van der Waals surface area contributed by atoms with Crippen molar-refractivity contribution in [2.75, 3.05) is 0 Å². The van der Waals surface area contributed by atoms with Gasteiger partial charge in [0.15, 0.2) is 0 Å². The van der Waals surface area contributed by atoms with Crippen LogP contribution in [-0.4, -0.2) is 24.1 Å². The van der Waals surface area contributed by atoms with Crippen molar-refractivity contribution in [3.8, 4) is 56.5 Å². The van der Waals surface area contributed by atoms with Gasteiger partial charge in [-0.3, -0.25) is 9.13 Å². The molecule has 304 valence electrons. The molecule has 3 aliphatic rings. The van der Waals surface area contributed by atoms with Gasteiger partial charge in [-0.1, -0.05) is 166 Å². The van der Waals surface area contributed by atoms with E-state index in [4.69, 9.17) is 15.0 Å². The van der Waals surface area contributed by atoms with E-state index in [2.05, 4.69) is 217 Å². The predicted octanol–water partition coefficient (Wildman–Crippen LogP) is 15.1. The standard InChI is InChI=1S/C60H39N5/c1-60(2)47-24-11-8-21-42(47)56-48(60)25-15-29-53(56)64-51-28-14-23-39(44(51)35-45-41-20-9-12-26-49(41)61-58(45)64)38-31-32-52-46(34-38)55-40-19-7-6-16-36(40)30-33-54(55)65(52)59-62-50-27-13-10-22-43(50)57(63-59)37-17-4-3-5-18-37/h3-35H,1-2H3. The third kappa shape index (κ3) is 5.06. The van der Waals surface area contributed by atoms with E-state index in [1.165, 1.54) is 43.8 Å². The second-order valence-electron chi connectivity index (χ2n) is 18.0. The Morgan fingerprint density at radius 3 is 1.95 bits per heavy atom. The zero-order valence-corrected chi connectivity index (χ0v) is 35.8. The molecule has 0 atom stereocenters. The number of benzene rings is 9. The highest BCUT2D eigenvalue weighted by atomic mass is 15.2. The Morgan fingerprint density at radius 1 is 0.400 bits per heavy atom. The van der Waals surface area contributed by atoms with Crippen molar-refractivity contribution in [2.24, 2.45) is 0 Å². The molecule has 0 bridgehead atoms. The average molecular weight is 830 g/mol. The maximum absolute atomic E-state index is 5.39. The first-order valence-electron chi connectivity index (χ1n) is 22.4. The molecule has 4 heterocycles. The van der Waals surface area contributed by atoms with Gasteiger partial charge < -0.3 is 0 Å². The summed E-state index contributed by atoms with van der Waals surface area (Å²) in [5, 5.41) is 8.07. The van der Waals surface area contributed by atoms with Crippen LogP contribution in [0.4, 0.5) is 0 Å². The summed E-state index contributed by atoms with van der Waals surface area (Å²) in [6.07, 6.45) is 0. The van der Waals surface area contributed by atoms with Crippen LogP contribution < -0.4 is 0 Å². The second kappa shape index (κ2) is 13.3. The van der Waals surface area contributed by atoms with Crippen LogP contribution in [0.3, 0.4) is 0 Å². The molecule has 65 heavy (non-hydrogen) atoms. The van der Waals surface area contributed by atoms with Crippen LogP contribution in [0, 0.1) is 0 Å². The van der Waals surface area contributed by atoms with E-state index in [0.29, 0.717) is 5.95 Å². The van der Waals surface area contributed by atoms with E-state index < -0.39 is 0 Å². The second-order valence-corrected chi connectivity index (χ2v) is 18.0. The number of fused-ring (bicyclic) bond motifs is 13. The van der Waals surface area contributed by atoms with E-state index in [-0.39, 0.29) is 5.41 Å². The molecule has 9 aromatic carbocycles. The Morgan fingerprint density at radius 2 is 1.08 bits per heavy atom. The predicted molar refractivity (Wildman–Crippen MR) is 269 cm³/mol. The SMILES string of the molecule is CC1(C)c2ccccc2-c2c(-n3c4nc5ccccc5c-4cc4c(-c5ccc6c(c5)c5c7ccccc7ccc5n6-c5nc(-c6ccccc6)c6ccccc6n5)cccc43)cccc21. The molecular weight excluding hydrogens is 791 g/mol.